The van der Waals surface area contributed by atoms with Crippen LogP contribution in [0.4, 0.5) is 0 Å². The maximum atomic E-state index is 15.3. The second-order valence-electron chi connectivity index (χ2n) is 30.2. The number of likely N-dealkylation sites (tertiary alicyclic amines) is 1. The summed E-state index contributed by atoms with van der Waals surface area (Å²) in [6.45, 7) is 4.72. The van der Waals surface area contributed by atoms with Crippen molar-refractivity contribution in [1.82, 2.24) is 79.0 Å². The normalized spacial score (nSPS) is 14.7. The molecule has 34 nitrogen and oxygen atoms in total. The highest BCUT2D eigenvalue weighted by molar-refractivity contribution is 6.30. The first-order valence-corrected chi connectivity index (χ1v) is 40.6. The number of benzene rings is 6. The number of rotatable bonds is 45. The van der Waals surface area contributed by atoms with Gasteiger partial charge < -0.3 is 95.7 Å². The van der Waals surface area contributed by atoms with Gasteiger partial charge in [0.15, 0.2) is 5.96 Å². The molecule has 1 aliphatic rings. The Labute approximate surface area is 711 Å². The van der Waals surface area contributed by atoms with Gasteiger partial charge in [-0.1, -0.05) is 135 Å². The number of phenolic OH excluding ortho intramolecular Hbond substituents is 1. The number of hydrogen-bond acceptors (Lipinski definition) is 18. The largest absolute Gasteiger partial charge is 0.508 e. The van der Waals surface area contributed by atoms with Crippen LogP contribution in [0.25, 0.3) is 10.8 Å². The van der Waals surface area contributed by atoms with E-state index in [0.717, 1.165) is 10.8 Å². The predicted molar refractivity (Wildman–Crippen MR) is 454 cm³/mol. The van der Waals surface area contributed by atoms with Crippen LogP contribution in [-0.4, -0.2) is 208 Å². The Bertz CT molecular complexity index is 4790. The highest BCUT2D eigenvalue weighted by atomic mass is 35.5. The number of aromatic nitrogens is 1. The maximum Gasteiger partial charge on any atom is 0.251 e. The Hall–Kier alpha value is -13.4. The van der Waals surface area contributed by atoms with Crippen molar-refractivity contribution in [3.63, 3.8) is 0 Å². The van der Waals surface area contributed by atoms with Crippen LogP contribution in [0.2, 0.25) is 5.02 Å². The summed E-state index contributed by atoms with van der Waals surface area (Å²) < 4.78 is 0. The average molecular weight is 1700 g/mol. The Kier molecular flexibility index (Phi) is 36.6. The molecule has 7 aromatic rings. The number of halogens is 1. The third-order valence-electron chi connectivity index (χ3n) is 20.1. The molecule has 648 valence electrons. The lowest BCUT2D eigenvalue weighted by atomic mass is 9.99. The Morgan fingerprint density at radius 2 is 0.975 bits per heavy atom. The lowest BCUT2D eigenvalue weighted by Crippen LogP contribution is -2.61. The summed E-state index contributed by atoms with van der Waals surface area (Å²) >= 11 is 6.27. The van der Waals surface area contributed by atoms with Crippen molar-refractivity contribution in [2.75, 3.05) is 32.8 Å². The number of phenols is 1. The van der Waals surface area contributed by atoms with Crippen LogP contribution >= 0.6 is 11.6 Å². The standard InChI is InChI=1S/C87H107ClN18O16/c1-51(2)42-66(79(115)99-65(26-16-40-94-87(90)91)86(122)106-41-17-27-73(106)85(121)96-52(3)74(89)110)100-78(114)64(25-13-14-39-93-77(113)71(104-76(112)60-22-9-6-10-23-60)49-95-75(111)59-20-7-5-8-21-59)98-81(117)68(45-55-31-36-63(109)37-32-55)103-84(120)72(50-107)105-83(119)70(47-57-18-15-38-92-48-57)102-82(118)69(44-54-29-34-62(88)35-30-54)101-80(116)67(97-53(4)108)46-56-28-33-58-19-11-12-24-61(58)43-56/h5-12,15,18-24,28-38,43,48,51-52,64-73,107,109H,13-14,16-17,25-27,39-42,44-47,49-50H2,1-4H3,(H2,89,110)(H,93,113)(H,95,111)(H,96,121)(H,97,108)(H,98,117)(H,99,115)(H,100,114)(H,101,116)(H,102,118)(H,103,120)(H,104,112)(H,105,119)(H4,90,91,94)/t52-,64-,65+,66+,67-,68+,69-,70-,71?,72+,73+/m1/s1. The van der Waals surface area contributed by atoms with Gasteiger partial charge in [0.05, 0.1) is 6.61 Å². The molecular weight excluding hydrogens is 1590 g/mol. The van der Waals surface area contributed by atoms with Crippen molar-refractivity contribution < 1.29 is 77.3 Å². The van der Waals surface area contributed by atoms with E-state index in [-0.39, 0.29) is 126 Å². The molecule has 0 bridgehead atoms. The van der Waals surface area contributed by atoms with Gasteiger partial charge in [0, 0.05) is 87.3 Å². The summed E-state index contributed by atoms with van der Waals surface area (Å²) in [5, 5.41) is 66.2. The number of aliphatic hydroxyl groups excluding tert-OH is 1. The van der Waals surface area contributed by atoms with Gasteiger partial charge in [-0.25, -0.2) is 0 Å². The van der Waals surface area contributed by atoms with E-state index in [0.29, 0.717) is 33.7 Å². The summed E-state index contributed by atoms with van der Waals surface area (Å²) in [5.74, 6) is -12.2. The number of nitrogens with two attached hydrogens (primary N) is 2. The zero-order valence-corrected chi connectivity index (χ0v) is 69.0. The van der Waals surface area contributed by atoms with Crippen molar-refractivity contribution in [2.24, 2.45) is 17.4 Å². The highest BCUT2D eigenvalue weighted by Gasteiger charge is 2.41. The van der Waals surface area contributed by atoms with E-state index >= 15 is 9.59 Å². The third kappa shape index (κ3) is 30.2. The summed E-state index contributed by atoms with van der Waals surface area (Å²) in [6, 6.07) is 28.7. The van der Waals surface area contributed by atoms with Gasteiger partial charge in [0.1, 0.15) is 72.2 Å². The third-order valence-corrected chi connectivity index (χ3v) is 20.4. The lowest BCUT2D eigenvalue weighted by Gasteiger charge is -2.31. The Morgan fingerprint density at radius 3 is 1.55 bits per heavy atom. The van der Waals surface area contributed by atoms with Crippen LogP contribution in [0.5, 0.6) is 5.75 Å². The number of carbonyl (C=O) groups excluding carboxylic acids is 14. The molecule has 122 heavy (non-hydrogen) atoms. The van der Waals surface area contributed by atoms with E-state index in [1.54, 1.807) is 98.8 Å². The van der Waals surface area contributed by atoms with Crippen LogP contribution in [-0.2, 0) is 83.2 Å². The fourth-order valence-electron chi connectivity index (χ4n) is 13.6. The van der Waals surface area contributed by atoms with E-state index < -0.39 is 156 Å². The van der Waals surface area contributed by atoms with Gasteiger partial charge in [0.25, 0.3) is 11.8 Å². The fourth-order valence-corrected chi connectivity index (χ4v) is 13.8. The number of guanidine groups is 1. The Morgan fingerprint density at radius 1 is 0.484 bits per heavy atom. The summed E-state index contributed by atoms with van der Waals surface area (Å²) in [6.07, 6.45) is 2.47. The lowest BCUT2D eigenvalue weighted by molar-refractivity contribution is -0.142. The molecule has 1 fully saturated rings. The second kappa shape index (κ2) is 47.4. The molecule has 2 heterocycles. The van der Waals surface area contributed by atoms with Crippen molar-refractivity contribution in [3.05, 3.63) is 215 Å². The monoisotopic (exact) mass is 1690 g/mol. The number of fused-ring (bicyclic) bond motifs is 1. The van der Waals surface area contributed by atoms with E-state index in [1.807, 2.05) is 42.5 Å². The van der Waals surface area contributed by atoms with E-state index in [4.69, 9.17) is 28.5 Å². The molecule has 1 saturated heterocycles. The molecule has 11 atom stereocenters. The molecular formula is C87H107ClN18O16. The van der Waals surface area contributed by atoms with Crippen molar-refractivity contribution in [1.29, 1.82) is 5.41 Å². The molecule has 20 N–H and O–H groups in total. The summed E-state index contributed by atoms with van der Waals surface area (Å²) in [7, 11) is 0. The molecule has 8 rings (SSSR count). The van der Waals surface area contributed by atoms with Gasteiger partial charge >= 0.3 is 0 Å². The number of hydrogen-bond donors (Lipinski definition) is 18. The number of pyridine rings is 1. The number of primary amides is 1. The average Bonchev–Trinajstić information content (AvgIpc) is 1.52. The number of aromatic hydroxyl groups is 1. The molecule has 0 saturated carbocycles. The van der Waals surface area contributed by atoms with Gasteiger partial charge in [-0.15, -0.1) is 0 Å². The molecule has 1 aromatic heterocycles. The minimum atomic E-state index is -1.90. The van der Waals surface area contributed by atoms with Crippen molar-refractivity contribution >= 4 is 111 Å². The van der Waals surface area contributed by atoms with Crippen LogP contribution < -0.4 is 80.6 Å². The van der Waals surface area contributed by atoms with Crippen LogP contribution in [0, 0.1) is 11.3 Å². The van der Waals surface area contributed by atoms with Crippen LogP contribution in [0.3, 0.4) is 0 Å². The fraction of sp³-hybridized carbons (Fsp3) is 0.379. The number of nitrogens with one attached hydrogen (secondary N) is 14. The molecule has 14 amide bonds. The first-order valence-electron chi connectivity index (χ1n) is 40.3. The Balaban J connectivity index is 1.06. The minimum absolute atomic E-state index is 0.00640. The quantitative estimate of drug-likeness (QED) is 0.0146. The smallest absolute Gasteiger partial charge is 0.251 e. The van der Waals surface area contributed by atoms with Crippen LogP contribution in [0.1, 0.15) is 122 Å². The molecule has 0 spiro atoms. The first kappa shape index (κ1) is 94.1. The molecule has 35 heteroatoms. The predicted octanol–water partition coefficient (Wildman–Crippen LogP) is 1.56. The van der Waals surface area contributed by atoms with Gasteiger partial charge in [-0.05, 0) is 152 Å². The number of unbranched alkanes of at least 4 members (excludes halogenated alkanes) is 1. The van der Waals surface area contributed by atoms with Gasteiger partial charge in [-0.2, -0.15) is 0 Å². The number of carbonyl (C=O) groups is 14. The highest BCUT2D eigenvalue weighted by Crippen LogP contribution is 2.23. The zero-order valence-electron chi connectivity index (χ0n) is 68.2. The summed E-state index contributed by atoms with van der Waals surface area (Å²) in [4.78, 5) is 204. The number of aliphatic hydroxyl groups is 1. The van der Waals surface area contributed by atoms with E-state index in [9.17, 15) is 67.7 Å². The maximum absolute atomic E-state index is 15.3. The van der Waals surface area contributed by atoms with Crippen molar-refractivity contribution in [2.45, 2.75) is 171 Å². The second-order valence-corrected chi connectivity index (χ2v) is 30.6. The number of amides is 14. The molecule has 0 radical (unpaired) electrons. The first-order chi connectivity index (χ1) is 58.4. The van der Waals surface area contributed by atoms with Crippen molar-refractivity contribution in [3.8, 4) is 5.75 Å². The van der Waals surface area contributed by atoms with E-state index in [2.05, 4.69) is 74.1 Å². The van der Waals surface area contributed by atoms with Gasteiger partial charge in [0.2, 0.25) is 70.9 Å². The zero-order chi connectivity index (χ0) is 88.4. The topological polar surface area (TPSA) is 528 Å². The van der Waals surface area contributed by atoms with E-state index in [1.165, 1.54) is 67.5 Å². The minimum Gasteiger partial charge on any atom is -0.508 e. The molecule has 6 aromatic carbocycles. The SMILES string of the molecule is CC(=O)N[C@H](Cc1ccc2ccccc2c1)C(=O)N[C@H](Cc1ccc(Cl)cc1)C(=O)N[C@H](Cc1cccnc1)C(=O)N[C@@H](CO)C(=O)N[C@@H](Cc1ccc(O)cc1)C(=O)N[C@H](CCCCNC(=O)C(CNC(=O)c1ccccc1)NC(=O)c1ccccc1)C(=O)N[C@@H](CC(C)C)C(=O)N[C@@H](CCCNC(=N)N)C(=O)N1CCC[C@H]1C(=O)N[C@H](C)C(N)=O. The molecule has 0 aliphatic carbocycles. The summed E-state index contributed by atoms with van der Waals surface area (Å²) in [5.41, 5.74) is 13.5. The molecule has 1 unspecified atom stereocenters. The van der Waals surface area contributed by atoms with Gasteiger partial charge in [-0.3, -0.25) is 77.5 Å². The van der Waals surface area contributed by atoms with Crippen LogP contribution in [0.15, 0.2) is 176 Å². The molecule has 1 aliphatic heterocycles. The number of nitrogens with zero attached hydrogens (tertiary/aromatic N) is 2.